The molecule has 1 N–H and O–H groups in total. The Morgan fingerprint density at radius 2 is 1.79 bits per heavy atom. The average molecular weight is 397 g/mol. The molecular weight excluding hydrogens is 374 g/mol. The molecule has 3 aromatic rings. The monoisotopic (exact) mass is 397 g/mol. The first-order chi connectivity index (χ1) is 14.2. The summed E-state index contributed by atoms with van der Waals surface area (Å²) in [6, 6.07) is 16.9. The number of H-pyrrole nitrogens is 1. The predicted molar refractivity (Wildman–Crippen MR) is 107 cm³/mol. The molecule has 1 aromatic heterocycles. The molecule has 29 heavy (non-hydrogen) atoms. The van der Waals surface area contributed by atoms with Crippen molar-refractivity contribution in [1.29, 1.82) is 0 Å². The minimum atomic E-state index is -2.87. The maximum Gasteiger partial charge on any atom is 0.387 e. The van der Waals surface area contributed by atoms with Gasteiger partial charge in [-0.25, -0.2) is 0 Å². The van der Waals surface area contributed by atoms with Crippen LogP contribution in [0.3, 0.4) is 0 Å². The minimum Gasteiger partial charge on any atom is -0.472 e. The highest BCUT2D eigenvalue weighted by molar-refractivity contribution is 5.60. The van der Waals surface area contributed by atoms with E-state index in [1.807, 2.05) is 0 Å². The van der Waals surface area contributed by atoms with Crippen molar-refractivity contribution in [3.63, 3.8) is 0 Å². The van der Waals surface area contributed by atoms with Gasteiger partial charge in [0.25, 0.3) is 0 Å². The number of hydrogen-bond acceptors (Lipinski definition) is 3. The van der Waals surface area contributed by atoms with E-state index in [1.54, 1.807) is 24.3 Å². The molecule has 2 aromatic carbocycles. The second-order valence-electron chi connectivity index (χ2n) is 7.16. The molecule has 0 unspecified atom stereocenters. The number of ether oxygens (including phenoxy) is 2. The van der Waals surface area contributed by atoms with Crippen molar-refractivity contribution >= 4 is 0 Å². The molecule has 0 aliphatic heterocycles. The molecule has 1 heterocycles. The van der Waals surface area contributed by atoms with Gasteiger partial charge < -0.3 is 9.47 Å². The summed E-state index contributed by atoms with van der Waals surface area (Å²) in [4.78, 5) is 0. The van der Waals surface area contributed by atoms with Crippen LogP contribution in [0.25, 0.3) is 11.3 Å². The molecule has 1 saturated carbocycles. The molecule has 1 radical (unpaired) electrons. The van der Waals surface area contributed by atoms with Crippen LogP contribution in [0, 0.1) is 6.42 Å². The molecule has 4 nitrogen and oxygen atoms in total. The molecule has 1 fully saturated rings. The first-order valence-corrected chi connectivity index (χ1v) is 9.82. The van der Waals surface area contributed by atoms with Crippen molar-refractivity contribution in [1.82, 2.24) is 10.2 Å². The topological polar surface area (TPSA) is 47.1 Å². The standard InChI is InChI=1S/C23H23F2N2O2/c24-23(25)29-21-9-5-4-8-19(21)15-28-22-14-20(26-27-22)18-12-10-17(11-13-18)16-6-2-1-3-7-16/h1,4-5,8-14,16,23H,2-3,6-7,15H2,(H,26,27). The second-order valence-corrected chi connectivity index (χ2v) is 7.16. The van der Waals surface area contributed by atoms with Crippen molar-refractivity contribution in [2.24, 2.45) is 0 Å². The summed E-state index contributed by atoms with van der Waals surface area (Å²) in [6.07, 6.45) is 7.20. The van der Waals surface area contributed by atoms with Gasteiger partial charge in [0.2, 0.25) is 5.88 Å². The smallest absolute Gasteiger partial charge is 0.387 e. The zero-order valence-corrected chi connectivity index (χ0v) is 16.0. The summed E-state index contributed by atoms with van der Waals surface area (Å²) < 4.78 is 35.2. The van der Waals surface area contributed by atoms with Gasteiger partial charge in [-0.2, -0.15) is 8.78 Å². The summed E-state index contributed by atoms with van der Waals surface area (Å²) in [7, 11) is 0. The van der Waals surface area contributed by atoms with E-state index in [4.69, 9.17) is 4.74 Å². The van der Waals surface area contributed by atoms with Crippen LogP contribution in [0.2, 0.25) is 0 Å². The van der Waals surface area contributed by atoms with Crippen LogP contribution in [0.1, 0.15) is 42.7 Å². The Bertz CT molecular complexity index is 919. The van der Waals surface area contributed by atoms with Gasteiger partial charge in [-0.3, -0.25) is 5.10 Å². The Kier molecular flexibility index (Phi) is 6.08. The maximum atomic E-state index is 12.5. The van der Waals surface area contributed by atoms with E-state index in [9.17, 15) is 8.78 Å². The minimum absolute atomic E-state index is 0.0881. The Morgan fingerprint density at radius 1 is 1.03 bits per heavy atom. The molecule has 0 spiro atoms. The quantitative estimate of drug-likeness (QED) is 0.522. The molecule has 1 aliphatic carbocycles. The van der Waals surface area contributed by atoms with E-state index in [0.29, 0.717) is 17.4 Å². The zero-order valence-electron chi connectivity index (χ0n) is 16.0. The number of alkyl halides is 2. The lowest BCUT2D eigenvalue weighted by molar-refractivity contribution is -0.0508. The first-order valence-electron chi connectivity index (χ1n) is 9.82. The number of hydrogen-bond donors (Lipinski definition) is 1. The van der Waals surface area contributed by atoms with Crippen molar-refractivity contribution in [3.05, 3.63) is 72.1 Å². The van der Waals surface area contributed by atoms with Gasteiger partial charge in [0.15, 0.2) is 0 Å². The SMILES string of the molecule is FC(F)Oc1ccccc1COc1cc(-c2ccc(C3CC[CH]CC3)cc2)[nH]n1. The van der Waals surface area contributed by atoms with Crippen LogP contribution in [0.4, 0.5) is 8.78 Å². The van der Waals surface area contributed by atoms with E-state index >= 15 is 0 Å². The number of benzene rings is 2. The van der Waals surface area contributed by atoms with Crippen LogP contribution in [0.15, 0.2) is 54.6 Å². The van der Waals surface area contributed by atoms with Gasteiger partial charge in [-0.15, -0.1) is 5.10 Å². The molecule has 151 valence electrons. The zero-order chi connectivity index (χ0) is 20.1. The van der Waals surface area contributed by atoms with Crippen molar-refractivity contribution in [2.45, 2.75) is 44.8 Å². The van der Waals surface area contributed by atoms with Crippen LogP contribution >= 0.6 is 0 Å². The number of aromatic nitrogens is 2. The number of halogens is 2. The molecule has 1 aliphatic rings. The molecule has 4 rings (SSSR count). The lowest BCUT2D eigenvalue weighted by Gasteiger charge is -2.21. The Morgan fingerprint density at radius 3 is 2.55 bits per heavy atom. The third-order valence-corrected chi connectivity index (χ3v) is 5.25. The number of nitrogens with one attached hydrogen (secondary N) is 1. The van der Waals surface area contributed by atoms with Crippen LogP contribution < -0.4 is 9.47 Å². The molecule has 0 saturated heterocycles. The van der Waals surface area contributed by atoms with Gasteiger partial charge in [-0.1, -0.05) is 42.5 Å². The van der Waals surface area contributed by atoms with Gasteiger partial charge in [-0.05, 0) is 55.2 Å². The molecule has 6 heteroatoms. The summed E-state index contributed by atoms with van der Waals surface area (Å²) >= 11 is 0. The summed E-state index contributed by atoms with van der Waals surface area (Å²) in [5, 5.41) is 7.14. The van der Waals surface area contributed by atoms with Crippen LogP contribution in [-0.2, 0) is 6.61 Å². The van der Waals surface area contributed by atoms with Crippen molar-refractivity contribution < 1.29 is 18.3 Å². The number of para-hydroxylation sites is 1. The van der Waals surface area contributed by atoms with Crippen LogP contribution in [0.5, 0.6) is 11.6 Å². The van der Waals surface area contributed by atoms with E-state index < -0.39 is 6.61 Å². The van der Waals surface area contributed by atoms with Crippen LogP contribution in [-0.4, -0.2) is 16.8 Å². The Hall–Kier alpha value is -2.89. The van der Waals surface area contributed by atoms with E-state index in [2.05, 4.69) is 45.6 Å². The highest BCUT2D eigenvalue weighted by Crippen LogP contribution is 2.33. The van der Waals surface area contributed by atoms with Gasteiger partial charge in [0, 0.05) is 11.6 Å². The number of rotatable bonds is 7. The fraction of sp³-hybridized carbons (Fsp3) is 0.304. The highest BCUT2D eigenvalue weighted by Gasteiger charge is 2.16. The van der Waals surface area contributed by atoms with E-state index in [1.165, 1.54) is 37.3 Å². The average Bonchev–Trinajstić information content (AvgIpc) is 3.23. The fourth-order valence-electron chi connectivity index (χ4n) is 3.71. The van der Waals surface area contributed by atoms with Gasteiger partial charge in [0.05, 0.1) is 5.69 Å². The van der Waals surface area contributed by atoms with E-state index in [-0.39, 0.29) is 12.4 Å². The number of nitrogens with zero attached hydrogens (tertiary/aromatic N) is 1. The second kappa shape index (κ2) is 9.07. The fourth-order valence-corrected chi connectivity index (χ4v) is 3.71. The largest absolute Gasteiger partial charge is 0.472 e. The maximum absolute atomic E-state index is 12.5. The van der Waals surface area contributed by atoms with Crippen molar-refractivity contribution in [3.8, 4) is 22.9 Å². The molecular formula is C23H23F2N2O2. The van der Waals surface area contributed by atoms with Crippen molar-refractivity contribution in [2.75, 3.05) is 0 Å². The summed E-state index contributed by atoms with van der Waals surface area (Å²) in [6.45, 7) is -2.78. The third kappa shape index (κ3) is 4.94. The predicted octanol–water partition coefficient (Wildman–Crippen LogP) is 6.12. The normalized spacial score (nSPS) is 14.9. The lowest BCUT2D eigenvalue weighted by atomic mass is 9.84. The van der Waals surface area contributed by atoms with E-state index in [0.717, 1.165) is 11.3 Å². The number of aromatic amines is 1. The lowest BCUT2D eigenvalue weighted by Crippen LogP contribution is -2.06. The summed E-state index contributed by atoms with van der Waals surface area (Å²) in [5.74, 6) is 1.15. The Labute approximate surface area is 168 Å². The highest BCUT2D eigenvalue weighted by atomic mass is 19.3. The van der Waals surface area contributed by atoms with Gasteiger partial charge in [0.1, 0.15) is 12.4 Å². The van der Waals surface area contributed by atoms with Gasteiger partial charge >= 0.3 is 6.61 Å². The molecule has 0 atom stereocenters. The molecule has 0 amide bonds. The first kappa shape index (κ1) is 19.4. The third-order valence-electron chi connectivity index (χ3n) is 5.25. The Balaban J connectivity index is 1.40. The molecule has 0 bridgehead atoms. The summed E-state index contributed by atoms with van der Waals surface area (Å²) in [5.41, 5.74) is 3.79.